The average Bonchev–Trinajstić information content (AvgIpc) is 2.12. The van der Waals surface area contributed by atoms with Crippen LogP contribution in [0.1, 0.15) is 13.3 Å². The fourth-order valence-corrected chi connectivity index (χ4v) is 1.01. The number of rotatable bonds is 7. The number of hydrogen-bond acceptors (Lipinski definition) is 4. The van der Waals surface area contributed by atoms with Crippen LogP contribution in [-0.4, -0.2) is 49.2 Å². The summed E-state index contributed by atoms with van der Waals surface area (Å²) in [4.78, 5) is 0. The highest BCUT2D eigenvalue weighted by molar-refractivity contribution is 4.75. The molecule has 0 aromatic heterocycles. The zero-order valence-electron chi connectivity index (χ0n) is 7.79. The van der Waals surface area contributed by atoms with Crippen molar-refractivity contribution in [2.45, 2.75) is 25.5 Å². The van der Waals surface area contributed by atoms with Crippen molar-refractivity contribution < 1.29 is 14.9 Å². The number of aliphatic hydroxyl groups excluding tert-OH is 2. The summed E-state index contributed by atoms with van der Waals surface area (Å²) in [7, 11) is 1.52. The Morgan fingerprint density at radius 3 is 2.33 bits per heavy atom. The van der Waals surface area contributed by atoms with Gasteiger partial charge in [0.05, 0.1) is 25.4 Å². The number of ether oxygens (including phenoxy) is 1. The molecule has 0 saturated heterocycles. The van der Waals surface area contributed by atoms with E-state index in [4.69, 9.17) is 14.9 Å². The monoisotopic (exact) mass is 177 g/mol. The lowest BCUT2D eigenvalue weighted by atomic mass is 10.2. The van der Waals surface area contributed by atoms with E-state index in [1.54, 1.807) is 0 Å². The summed E-state index contributed by atoms with van der Waals surface area (Å²) in [6.07, 6.45) is 0.680. The maximum atomic E-state index is 8.93. The zero-order chi connectivity index (χ0) is 9.40. The Labute approximate surface area is 73.5 Å². The Kier molecular flexibility index (Phi) is 7.39. The summed E-state index contributed by atoms with van der Waals surface area (Å²) >= 11 is 0. The van der Waals surface area contributed by atoms with Gasteiger partial charge in [0.1, 0.15) is 0 Å². The predicted octanol–water partition coefficient (Wildman–Crippen LogP) is -0.646. The minimum Gasteiger partial charge on any atom is -0.395 e. The van der Waals surface area contributed by atoms with Gasteiger partial charge in [-0.1, -0.05) is 6.92 Å². The lowest BCUT2D eigenvalue weighted by molar-refractivity contribution is 0.00661. The average molecular weight is 177 g/mol. The van der Waals surface area contributed by atoms with Crippen LogP contribution >= 0.6 is 0 Å². The highest BCUT2D eigenvalue weighted by Crippen LogP contribution is 1.96. The third-order valence-electron chi connectivity index (χ3n) is 1.78. The van der Waals surface area contributed by atoms with Crippen LogP contribution < -0.4 is 5.32 Å². The van der Waals surface area contributed by atoms with Gasteiger partial charge in [0, 0.05) is 7.11 Å². The maximum Gasteiger partial charge on any atom is 0.0976 e. The third-order valence-corrected chi connectivity index (χ3v) is 1.78. The van der Waals surface area contributed by atoms with Gasteiger partial charge in [0.2, 0.25) is 0 Å². The Balaban J connectivity index is 3.75. The summed E-state index contributed by atoms with van der Waals surface area (Å²) in [5.41, 5.74) is 0. The molecular weight excluding hydrogens is 158 g/mol. The van der Waals surface area contributed by atoms with E-state index in [-0.39, 0.29) is 25.4 Å². The molecule has 0 amide bonds. The van der Waals surface area contributed by atoms with E-state index in [0.717, 1.165) is 13.0 Å². The summed E-state index contributed by atoms with van der Waals surface area (Å²) in [5.74, 6) is 0. The molecule has 0 spiro atoms. The minimum atomic E-state index is -0.318. The predicted molar refractivity (Wildman–Crippen MR) is 47.1 cm³/mol. The number of hydrogen-bond donors (Lipinski definition) is 3. The molecule has 74 valence electrons. The van der Waals surface area contributed by atoms with Gasteiger partial charge in [0.25, 0.3) is 0 Å². The van der Waals surface area contributed by atoms with E-state index >= 15 is 0 Å². The number of aliphatic hydroxyl groups is 2. The first kappa shape index (κ1) is 11.8. The molecule has 12 heavy (non-hydrogen) atoms. The van der Waals surface area contributed by atoms with Crippen LogP contribution in [-0.2, 0) is 4.74 Å². The van der Waals surface area contributed by atoms with Crippen molar-refractivity contribution in [2.75, 3.05) is 26.9 Å². The lowest BCUT2D eigenvalue weighted by Crippen LogP contribution is -2.45. The topological polar surface area (TPSA) is 61.7 Å². The van der Waals surface area contributed by atoms with E-state index in [1.807, 2.05) is 6.92 Å². The van der Waals surface area contributed by atoms with Gasteiger partial charge in [-0.3, -0.25) is 0 Å². The fraction of sp³-hybridized carbons (Fsp3) is 1.00. The first-order valence-corrected chi connectivity index (χ1v) is 4.28. The Morgan fingerprint density at radius 2 is 2.00 bits per heavy atom. The molecule has 3 N–H and O–H groups in total. The van der Waals surface area contributed by atoms with Crippen molar-refractivity contribution in [3.8, 4) is 0 Å². The molecule has 0 heterocycles. The third kappa shape index (κ3) is 4.01. The Bertz CT molecular complexity index is 96.3. The summed E-state index contributed by atoms with van der Waals surface area (Å²) in [6.45, 7) is 2.78. The molecule has 0 aromatic rings. The van der Waals surface area contributed by atoms with Gasteiger partial charge >= 0.3 is 0 Å². The SMILES string of the molecule is CCCN[C@@H](CO)[C@H](CO)OC. The summed E-state index contributed by atoms with van der Waals surface area (Å²) in [5, 5.41) is 20.9. The molecule has 0 aliphatic rings. The molecule has 4 nitrogen and oxygen atoms in total. The molecule has 0 aliphatic carbocycles. The van der Waals surface area contributed by atoms with Crippen molar-refractivity contribution in [3.63, 3.8) is 0 Å². The number of nitrogens with one attached hydrogen (secondary N) is 1. The normalized spacial score (nSPS) is 16.0. The first-order valence-electron chi connectivity index (χ1n) is 4.28. The van der Waals surface area contributed by atoms with E-state index in [9.17, 15) is 0 Å². The smallest absolute Gasteiger partial charge is 0.0976 e. The molecule has 0 fully saturated rings. The van der Waals surface area contributed by atoms with E-state index in [1.165, 1.54) is 7.11 Å². The highest BCUT2D eigenvalue weighted by Gasteiger charge is 2.18. The van der Waals surface area contributed by atoms with Crippen LogP contribution in [0.2, 0.25) is 0 Å². The summed E-state index contributed by atoms with van der Waals surface area (Å²) in [6, 6.07) is -0.167. The zero-order valence-corrected chi connectivity index (χ0v) is 7.79. The highest BCUT2D eigenvalue weighted by atomic mass is 16.5. The largest absolute Gasteiger partial charge is 0.395 e. The van der Waals surface area contributed by atoms with Gasteiger partial charge in [-0.25, -0.2) is 0 Å². The second-order valence-corrected chi connectivity index (χ2v) is 2.70. The Morgan fingerprint density at radius 1 is 1.33 bits per heavy atom. The molecule has 0 rings (SSSR count). The van der Waals surface area contributed by atoms with Crippen LogP contribution in [0.25, 0.3) is 0 Å². The maximum absolute atomic E-state index is 8.93. The Hall–Kier alpha value is -0.160. The molecule has 4 heteroatoms. The van der Waals surface area contributed by atoms with Crippen LogP contribution in [0.15, 0.2) is 0 Å². The van der Waals surface area contributed by atoms with Crippen molar-refractivity contribution >= 4 is 0 Å². The van der Waals surface area contributed by atoms with Crippen molar-refractivity contribution in [1.82, 2.24) is 5.32 Å². The van der Waals surface area contributed by atoms with Crippen LogP contribution in [0.3, 0.4) is 0 Å². The van der Waals surface area contributed by atoms with Crippen LogP contribution in [0.5, 0.6) is 0 Å². The van der Waals surface area contributed by atoms with Gasteiger partial charge < -0.3 is 20.3 Å². The quantitative estimate of drug-likeness (QED) is 0.484. The molecule has 0 bridgehead atoms. The van der Waals surface area contributed by atoms with E-state index in [2.05, 4.69) is 5.32 Å². The lowest BCUT2D eigenvalue weighted by Gasteiger charge is -2.23. The van der Waals surface area contributed by atoms with E-state index < -0.39 is 0 Å². The molecule has 0 aliphatic heterocycles. The molecule has 0 aromatic carbocycles. The standard InChI is InChI=1S/C8H19NO3/c1-3-4-9-7(5-10)8(6-11)12-2/h7-11H,3-6H2,1-2H3/t7-,8-/m0/s1. The first-order chi connectivity index (χ1) is 5.79. The molecule has 2 atom stereocenters. The van der Waals surface area contributed by atoms with E-state index in [0.29, 0.717) is 0 Å². The fourth-order valence-electron chi connectivity index (χ4n) is 1.01. The molecule has 0 radical (unpaired) electrons. The van der Waals surface area contributed by atoms with Crippen LogP contribution in [0, 0.1) is 0 Å². The second-order valence-electron chi connectivity index (χ2n) is 2.70. The van der Waals surface area contributed by atoms with Gasteiger partial charge in [-0.05, 0) is 13.0 Å². The molecule has 0 saturated carbocycles. The van der Waals surface area contributed by atoms with Crippen molar-refractivity contribution in [3.05, 3.63) is 0 Å². The summed E-state index contributed by atoms with van der Waals surface area (Å²) < 4.78 is 4.98. The minimum absolute atomic E-state index is 0.0148. The molecule has 0 unspecified atom stereocenters. The number of methoxy groups -OCH3 is 1. The second kappa shape index (κ2) is 7.49. The van der Waals surface area contributed by atoms with Gasteiger partial charge in [0.15, 0.2) is 0 Å². The van der Waals surface area contributed by atoms with Gasteiger partial charge in [-0.15, -0.1) is 0 Å². The van der Waals surface area contributed by atoms with Crippen molar-refractivity contribution in [2.24, 2.45) is 0 Å². The van der Waals surface area contributed by atoms with Gasteiger partial charge in [-0.2, -0.15) is 0 Å². The van der Waals surface area contributed by atoms with Crippen molar-refractivity contribution in [1.29, 1.82) is 0 Å². The van der Waals surface area contributed by atoms with Crippen LogP contribution in [0.4, 0.5) is 0 Å². The molecular formula is C8H19NO3.